The zero-order valence-corrected chi connectivity index (χ0v) is 13.4. The van der Waals surface area contributed by atoms with Crippen LogP contribution in [0.1, 0.15) is 38.3 Å². The van der Waals surface area contributed by atoms with E-state index in [-0.39, 0.29) is 0 Å². The summed E-state index contributed by atoms with van der Waals surface area (Å²) < 4.78 is 6.98. The van der Waals surface area contributed by atoms with E-state index >= 15 is 0 Å². The van der Waals surface area contributed by atoms with Crippen LogP contribution in [-0.2, 0) is 6.54 Å². The number of nitrogens with one attached hydrogen (secondary N) is 1. The van der Waals surface area contributed by atoms with E-state index in [4.69, 9.17) is 4.74 Å². The van der Waals surface area contributed by atoms with E-state index in [1.165, 1.54) is 11.1 Å². The molecule has 0 radical (unpaired) electrons. The van der Waals surface area contributed by atoms with Gasteiger partial charge in [-0.15, -0.1) is 0 Å². The van der Waals surface area contributed by atoms with E-state index in [1.54, 1.807) is 0 Å². The molecule has 0 aliphatic carbocycles. The Labute approximate surface area is 119 Å². The van der Waals surface area contributed by atoms with Gasteiger partial charge in [-0.1, -0.05) is 36.7 Å². The Morgan fingerprint density at radius 3 is 2.67 bits per heavy atom. The second-order valence-electron chi connectivity index (χ2n) is 5.08. The van der Waals surface area contributed by atoms with E-state index in [1.807, 2.05) is 0 Å². The molecule has 0 amide bonds. The summed E-state index contributed by atoms with van der Waals surface area (Å²) >= 11 is 3.55. The van der Waals surface area contributed by atoms with Crippen molar-refractivity contribution in [2.75, 3.05) is 13.2 Å². The molecule has 3 heteroatoms. The summed E-state index contributed by atoms with van der Waals surface area (Å²) in [5.41, 5.74) is 2.43. The highest BCUT2D eigenvalue weighted by molar-refractivity contribution is 9.10. The maximum Gasteiger partial charge on any atom is 0.126 e. The van der Waals surface area contributed by atoms with Crippen molar-refractivity contribution in [1.82, 2.24) is 5.32 Å². The summed E-state index contributed by atoms with van der Waals surface area (Å²) in [6.45, 7) is 11.3. The fraction of sp³-hybridized carbons (Fsp3) is 0.600. The lowest BCUT2D eigenvalue weighted by atomic mass is 10.1. The molecule has 2 nitrogen and oxygen atoms in total. The van der Waals surface area contributed by atoms with Gasteiger partial charge in [0.15, 0.2) is 0 Å². The van der Waals surface area contributed by atoms with Crippen molar-refractivity contribution >= 4 is 15.9 Å². The summed E-state index contributed by atoms with van der Waals surface area (Å²) in [5, 5.41) is 3.47. The summed E-state index contributed by atoms with van der Waals surface area (Å²) in [4.78, 5) is 0. The smallest absolute Gasteiger partial charge is 0.126 e. The number of hydrogen-bond acceptors (Lipinski definition) is 2. The van der Waals surface area contributed by atoms with E-state index < -0.39 is 0 Å². The van der Waals surface area contributed by atoms with E-state index in [0.717, 1.165) is 36.3 Å². The van der Waals surface area contributed by atoms with Crippen molar-refractivity contribution in [1.29, 1.82) is 0 Å². The first-order chi connectivity index (χ1) is 8.54. The van der Waals surface area contributed by atoms with E-state index in [2.05, 4.69) is 61.1 Å². The normalized spacial score (nSPS) is 11.0. The van der Waals surface area contributed by atoms with Crippen LogP contribution in [0.25, 0.3) is 0 Å². The van der Waals surface area contributed by atoms with Crippen LogP contribution in [0.15, 0.2) is 16.6 Å². The third-order valence-electron chi connectivity index (χ3n) is 2.63. The lowest BCUT2D eigenvalue weighted by molar-refractivity contribution is 0.311. The molecule has 1 aromatic rings. The van der Waals surface area contributed by atoms with Gasteiger partial charge < -0.3 is 10.1 Å². The second-order valence-corrected chi connectivity index (χ2v) is 6.00. The van der Waals surface area contributed by atoms with Gasteiger partial charge in [0.1, 0.15) is 5.75 Å². The molecule has 0 heterocycles. The van der Waals surface area contributed by atoms with Gasteiger partial charge in [0.25, 0.3) is 0 Å². The fourth-order valence-corrected chi connectivity index (χ4v) is 2.46. The van der Waals surface area contributed by atoms with Crippen molar-refractivity contribution in [3.8, 4) is 5.75 Å². The zero-order chi connectivity index (χ0) is 13.5. The number of hydrogen-bond donors (Lipinski definition) is 1. The molecule has 0 bridgehead atoms. The van der Waals surface area contributed by atoms with Crippen LogP contribution >= 0.6 is 15.9 Å². The molecule has 0 aliphatic rings. The molecule has 1 rings (SSSR count). The number of halogens is 1. The minimum absolute atomic E-state index is 0.665. The van der Waals surface area contributed by atoms with Crippen LogP contribution in [-0.4, -0.2) is 13.2 Å². The SMILES string of the molecule is CCCOc1c(C)cc(Br)cc1CNCC(C)C. The molecule has 1 N–H and O–H groups in total. The maximum atomic E-state index is 5.87. The van der Waals surface area contributed by atoms with Crippen molar-refractivity contribution in [2.24, 2.45) is 5.92 Å². The first-order valence-corrected chi connectivity index (χ1v) is 7.46. The highest BCUT2D eigenvalue weighted by Crippen LogP contribution is 2.28. The van der Waals surface area contributed by atoms with E-state index in [0.29, 0.717) is 5.92 Å². The van der Waals surface area contributed by atoms with Gasteiger partial charge >= 0.3 is 0 Å². The molecule has 1 aromatic carbocycles. The minimum Gasteiger partial charge on any atom is -0.493 e. The predicted octanol–water partition coefficient (Wildman–Crippen LogP) is 4.29. The van der Waals surface area contributed by atoms with Gasteiger partial charge in [0.05, 0.1) is 6.61 Å². The summed E-state index contributed by atoms with van der Waals surface area (Å²) in [6, 6.07) is 4.25. The van der Waals surface area contributed by atoms with Gasteiger partial charge in [-0.3, -0.25) is 0 Å². The first kappa shape index (κ1) is 15.5. The Morgan fingerprint density at radius 1 is 1.33 bits per heavy atom. The summed E-state index contributed by atoms with van der Waals surface area (Å²) in [7, 11) is 0. The third-order valence-corrected chi connectivity index (χ3v) is 3.09. The molecule has 0 saturated heterocycles. The van der Waals surface area contributed by atoms with Gasteiger partial charge in [-0.05, 0) is 43.5 Å². The molecule has 0 fully saturated rings. The number of rotatable bonds is 7. The van der Waals surface area contributed by atoms with Crippen LogP contribution in [0, 0.1) is 12.8 Å². The number of aryl methyl sites for hydroxylation is 1. The molecular weight excluding hydrogens is 290 g/mol. The highest BCUT2D eigenvalue weighted by atomic mass is 79.9. The molecule has 18 heavy (non-hydrogen) atoms. The molecule has 0 spiro atoms. The quantitative estimate of drug-likeness (QED) is 0.810. The Bertz CT molecular complexity index is 377. The first-order valence-electron chi connectivity index (χ1n) is 6.67. The average Bonchev–Trinajstić information content (AvgIpc) is 2.27. The molecule has 0 unspecified atom stereocenters. The third kappa shape index (κ3) is 4.99. The van der Waals surface area contributed by atoms with E-state index in [9.17, 15) is 0 Å². The standard InChI is InChI=1S/C15H24BrNO/c1-5-6-18-15-12(4)7-14(16)8-13(15)10-17-9-11(2)3/h7-8,11,17H,5-6,9-10H2,1-4H3. The van der Waals surface area contributed by atoms with Crippen LogP contribution in [0.2, 0.25) is 0 Å². The molecule has 0 aromatic heterocycles. The van der Waals surface area contributed by atoms with Crippen molar-refractivity contribution in [3.63, 3.8) is 0 Å². The second kappa shape index (κ2) is 7.80. The predicted molar refractivity (Wildman–Crippen MR) is 81.2 cm³/mol. The van der Waals surface area contributed by atoms with Crippen LogP contribution < -0.4 is 10.1 Å². The lowest BCUT2D eigenvalue weighted by Crippen LogP contribution is -2.19. The van der Waals surface area contributed by atoms with Gasteiger partial charge in [0, 0.05) is 16.6 Å². The largest absolute Gasteiger partial charge is 0.493 e. The van der Waals surface area contributed by atoms with Crippen molar-refractivity contribution in [2.45, 2.75) is 40.7 Å². The Morgan fingerprint density at radius 2 is 2.06 bits per heavy atom. The van der Waals surface area contributed by atoms with Crippen molar-refractivity contribution in [3.05, 3.63) is 27.7 Å². The maximum absolute atomic E-state index is 5.87. The monoisotopic (exact) mass is 313 g/mol. The van der Waals surface area contributed by atoms with Crippen LogP contribution in [0.4, 0.5) is 0 Å². The van der Waals surface area contributed by atoms with Crippen LogP contribution in [0.5, 0.6) is 5.75 Å². The van der Waals surface area contributed by atoms with Gasteiger partial charge in [0.2, 0.25) is 0 Å². The molecule has 0 saturated carbocycles. The minimum atomic E-state index is 0.665. The fourth-order valence-electron chi connectivity index (χ4n) is 1.84. The van der Waals surface area contributed by atoms with Gasteiger partial charge in [-0.25, -0.2) is 0 Å². The molecular formula is C15H24BrNO. The highest BCUT2D eigenvalue weighted by Gasteiger charge is 2.09. The molecule has 0 atom stereocenters. The summed E-state index contributed by atoms with van der Waals surface area (Å²) in [6.07, 6.45) is 1.04. The summed E-state index contributed by atoms with van der Waals surface area (Å²) in [5.74, 6) is 1.70. The van der Waals surface area contributed by atoms with Crippen molar-refractivity contribution < 1.29 is 4.74 Å². The average molecular weight is 314 g/mol. The topological polar surface area (TPSA) is 21.3 Å². The lowest BCUT2D eigenvalue weighted by Gasteiger charge is -2.15. The van der Waals surface area contributed by atoms with Gasteiger partial charge in [-0.2, -0.15) is 0 Å². The Balaban J connectivity index is 2.78. The Kier molecular flexibility index (Phi) is 6.72. The number of ether oxygens (including phenoxy) is 1. The molecule has 102 valence electrons. The molecule has 0 aliphatic heterocycles. The van der Waals surface area contributed by atoms with Crippen LogP contribution in [0.3, 0.4) is 0 Å². The zero-order valence-electron chi connectivity index (χ0n) is 11.8. The number of benzene rings is 1. The Hall–Kier alpha value is -0.540.